The molecule has 1 aromatic heterocycles. The molecule has 0 fully saturated rings. The van der Waals surface area contributed by atoms with E-state index in [1.54, 1.807) is 37.4 Å². The molecule has 1 amide bonds. The maximum atomic E-state index is 12.2. The molecule has 24 heavy (non-hydrogen) atoms. The number of ether oxygens (including phenoxy) is 1. The molecule has 0 bridgehead atoms. The van der Waals surface area contributed by atoms with Crippen LogP contribution in [-0.2, 0) is 4.74 Å². The van der Waals surface area contributed by atoms with Crippen molar-refractivity contribution in [3.8, 4) is 0 Å². The number of amides is 1. The maximum absolute atomic E-state index is 12.2. The van der Waals surface area contributed by atoms with Gasteiger partial charge in [0.05, 0.1) is 0 Å². The highest BCUT2D eigenvalue weighted by Gasteiger charge is 2.09. The topological polar surface area (TPSA) is 93.2 Å². The highest BCUT2D eigenvalue weighted by molar-refractivity contribution is 6.03. The normalized spacial score (nSPS) is 10.2. The fourth-order valence-corrected chi connectivity index (χ4v) is 1.97. The number of carbonyl (C=O) groups excluding carboxylic acids is 2. The summed E-state index contributed by atoms with van der Waals surface area (Å²) in [6.07, 6.45) is 2.35. The maximum Gasteiger partial charge on any atom is 0.274 e. The van der Waals surface area contributed by atoms with Gasteiger partial charge in [-0.1, -0.05) is 0 Å². The molecule has 0 saturated heterocycles. The van der Waals surface area contributed by atoms with Crippen molar-refractivity contribution in [3.05, 3.63) is 47.8 Å². The number of hydrogen-bond acceptors (Lipinski definition) is 6. The van der Waals surface area contributed by atoms with E-state index in [2.05, 4.69) is 20.6 Å². The van der Waals surface area contributed by atoms with Gasteiger partial charge in [0.1, 0.15) is 5.69 Å². The number of hydrogen-bond donors (Lipinski definition) is 2. The van der Waals surface area contributed by atoms with E-state index in [-0.39, 0.29) is 17.4 Å². The van der Waals surface area contributed by atoms with Crippen molar-refractivity contribution >= 4 is 23.3 Å². The van der Waals surface area contributed by atoms with Gasteiger partial charge in [0, 0.05) is 37.7 Å². The van der Waals surface area contributed by atoms with E-state index in [0.717, 1.165) is 6.42 Å². The number of ketones is 1. The number of aromatic nitrogens is 2. The van der Waals surface area contributed by atoms with E-state index in [0.29, 0.717) is 30.4 Å². The fraction of sp³-hybridized carbons (Fsp3) is 0.294. The average Bonchev–Trinajstić information content (AvgIpc) is 2.59. The zero-order chi connectivity index (χ0) is 17.4. The quantitative estimate of drug-likeness (QED) is 0.571. The number of carbonyl (C=O) groups is 2. The first kappa shape index (κ1) is 17.6. The van der Waals surface area contributed by atoms with Crippen LogP contribution >= 0.6 is 0 Å². The molecule has 0 saturated carbocycles. The summed E-state index contributed by atoms with van der Waals surface area (Å²) in [4.78, 5) is 31.8. The minimum atomic E-state index is -0.340. The summed E-state index contributed by atoms with van der Waals surface area (Å²) in [5, 5.41) is 5.78. The minimum absolute atomic E-state index is 0.0205. The zero-order valence-electron chi connectivity index (χ0n) is 13.7. The lowest BCUT2D eigenvalue weighted by Gasteiger charge is -2.07. The number of anilines is 2. The summed E-state index contributed by atoms with van der Waals surface area (Å²) >= 11 is 0. The Balaban J connectivity index is 1.97. The van der Waals surface area contributed by atoms with Crippen LogP contribution in [0.3, 0.4) is 0 Å². The van der Waals surface area contributed by atoms with Gasteiger partial charge in [0.15, 0.2) is 5.78 Å². The second-order valence-electron chi connectivity index (χ2n) is 5.13. The van der Waals surface area contributed by atoms with Crippen LogP contribution in [0.4, 0.5) is 11.6 Å². The van der Waals surface area contributed by atoms with E-state index in [4.69, 9.17) is 4.74 Å². The monoisotopic (exact) mass is 328 g/mol. The number of nitrogens with zero attached hydrogens (tertiary/aromatic N) is 2. The second-order valence-corrected chi connectivity index (χ2v) is 5.13. The molecule has 2 aromatic rings. The molecule has 0 spiro atoms. The highest BCUT2D eigenvalue weighted by atomic mass is 16.5. The van der Waals surface area contributed by atoms with Crippen molar-refractivity contribution in [1.82, 2.24) is 9.97 Å². The Morgan fingerprint density at radius 2 is 1.92 bits per heavy atom. The van der Waals surface area contributed by atoms with Gasteiger partial charge in [0.25, 0.3) is 5.91 Å². The Hall–Kier alpha value is -2.80. The lowest BCUT2D eigenvalue weighted by Crippen LogP contribution is -2.16. The molecular weight excluding hydrogens is 308 g/mol. The first-order chi connectivity index (χ1) is 11.6. The molecule has 0 aliphatic carbocycles. The van der Waals surface area contributed by atoms with Crippen molar-refractivity contribution in [3.63, 3.8) is 0 Å². The Kier molecular flexibility index (Phi) is 6.39. The van der Waals surface area contributed by atoms with Crippen LogP contribution in [0.5, 0.6) is 0 Å². The molecule has 1 aromatic carbocycles. The summed E-state index contributed by atoms with van der Waals surface area (Å²) in [6, 6.07) is 8.24. The molecule has 0 aliphatic rings. The largest absolute Gasteiger partial charge is 0.385 e. The van der Waals surface area contributed by atoms with Crippen molar-refractivity contribution < 1.29 is 14.3 Å². The number of methoxy groups -OCH3 is 1. The van der Waals surface area contributed by atoms with Gasteiger partial charge >= 0.3 is 0 Å². The van der Waals surface area contributed by atoms with E-state index < -0.39 is 0 Å². The molecule has 126 valence electrons. The Bertz CT molecular complexity index is 701. The summed E-state index contributed by atoms with van der Waals surface area (Å²) < 4.78 is 4.97. The van der Waals surface area contributed by atoms with Crippen LogP contribution in [0, 0.1) is 0 Å². The van der Waals surface area contributed by atoms with Gasteiger partial charge in [-0.2, -0.15) is 0 Å². The SMILES string of the molecule is COCCCNc1nccc(C(=O)Nc2ccc(C(C)=O)cc2)n1. The molecule has 0 atom stereocenters. The van der Waals surface area contributed by atoms with Gasteiger partial charge < -0.3 is 15.4 Å². The molecule has 7 heteroatoms. The number of Topliss-reactive ketones (excluding diaryl/α,β-unsaturated/α-hetero) is 1. The molecule has 7 nitrogen and oxygen atoms in total. The third kappa shape index (κ3) is 5.13. The Labute approximate surface area is 140 Å². The van der Waals surface area contributed by atoms with Crippen molar-refractivity contribution in [2.75, 3.05) is 30.9 Å². The fourth-order valence-electron chi connectivity index (χ4n) is 1.97. The molecule has 1 heterocycles. The zero-order valence-corrected chi connectivity index (χ0v) is 13.7. The van der Waals surface area contributed by atoms with Crippen LogP contribution in [0.2, 0.25) is 0 Å². The first-order valence-electron chi connectivity index (χ1n) is 7.58. The lowest BCUT2D eigenvalue weighted by molar-refractivity contribution is 0.101. The summed E-state index contributed by atoms with van der Waals surface area (Å²) in [5.41, 5.74) is 1.45. The van der Waals surface area contributed by atoms with Crippen molar-refractivity contribution in [2.24, 2.45) is 0 Å². The third-order valence-corrected chi connectivity index (χ3v) is 3.25. The number of rotatable bonds is 8. The number of nitrogens with one attached hydrogen (secondary N) is 2. The van der Waals surface area contributed by atoms with E-state index in [9.17, 15) is 9.59 Å². The predicted molar refractivity (Wildman–Crippen MR) is 91.4 cm³/mol. The average molecular weight is 328 g/mol. The smallest absolute Gasteiger partial charge is 0.274 e. The van der Waals surface area contributed by atoms with Crippen LogP contribution < -0.4 is 10.6 Å². The Morgan fingerprint density at radius 1 is 1.17 bits per heavy atom. The first-order valence-corrected chi connectivity index (χ1v) is 7.58. The minimum Gasteiger partial charge on any atom is -0.385 e. The van der Waals surface area contributed by atoms with E-state index in [1.165, 1.54) is 13.1 Å². The molecule has 0 unspecified atom stereocenters. The van der Waals surface area contributed by atoms with E-state index in [1.807, 2.05) is 0 Å². The van der Waals surface area contributed by atoms with E-state index >= 15 is 0 Å². The van der Waals surface area contributed by atoms with Crippen molar-refractivity contribution in [2.45, 2.75) is 13.3 Å². The molecule has 2 rings (SSSR count). The lowest BCUT2D eigenvalue weighted by atomic mass is 10.1. The van der Waals surface area contributed by atoms with Crippen LogP contribution in [0.15, 0.2) is 36.5 Å². The van der Waals surface area contributed by atoms with Crippen molar-refractivity contribution in [1.29, 1.82) is 0 Å². The van der Waals surface area contributed by atoms with Gasteiger partial charge in [-0.05, 0) is 43.7 Å². The molecular formula is C17H20N4O3. The summed E-state index contributed by atoms with van der Waals surface area (Å²) in [6.45, 7) is 2.80. The van der Waals surface area contributed by atoms with Gasteiger partial charge in [-0.3, -0.25) is 9.59 Å². The van der Waals surface area contributed by atoms with Crippen LogP contribution in [0.1, 0.15) is 34.2 Å². The summed E-state index contributed by atoms with van der Waals surface area (Å²) in [5.74, 6) is 0.0338. The van der Waals surface area contributed by atoms with Gasteiger partial charge in [-0.15, -0.1) is 0 Å². The standard InChI is InChI=1S/C17H20N4O3/c1-12(22)13-4-6-14(7-5-13)20-16(23)15-8-10-19-17(21-15)18-9-3-11-24-2/h4-8,10H,3,9,11H2,1-2H3,(H,20,23)(H,18,19,21). The molecule has 2 N–H and O–H groups in total. The van der Waals surface area contributed by atoms with Gasteiger partial charge in [-0.25, -0.2) is 9.97 Å². The number of benzene rings is 1. The predicted octanol–water partition coefficient (Wildman–Crippen LogP) is 2.38. The highest BCUT2D eigenvalue weighted by Crippen LogP contribution is 2.11. The molecule has 0 aliphatic heterocycles. The second kappa shape index (κ2) is 8.73. The molecule has 0 radical (unpaired) electrons. The van der Waals surface area contributed by atoms with Crippen LogP contribution in [-0.4, -0.2) is 41.9 Å². The Morgan fingerprint density at radius 3 is 2.58 bits per heavy atom. The van der Waals surface area contributed by atoms with Crippen LogP contribution in [0.25, 0.3) is 0 Å². The third-order valence-electron chi connectivity index (χ3n) is 3.25. The van der Waals surface area contributed by atoms with Gasteiger partial charge in [0.2, 0.25) is 5.95 Å². The summed E-state index contributed by atoms with van der Waals surface area (Å²) in [7, 11) is 1.64.